The molecular formula is C6H4BaF10O6S2. The van der Waals surface area contributed by atoms with Gasteiger partial charge < -0.3 is 9.11 Å². The second kappa shape index (κ2) is 9.26. The predicted molar refractivity (Wildman–Crippen MR) is 56.4 cm³/mol. The van der Waals surface area contributed by atoms with E-state index < -0.39 is 55.9 Å². The van der Waals surface area contributed by atoms with Crippen molar-refractivity contribution in [1.82, 2.24) is 0 Å². The molecule has 0 heterocycles. The van der Waals surface area contributed by atoms with Gasteiger partial charge in [-0.2, -0.15) is 43.9 Å². The zero-order chi connectivity index (χ0) is 20.4. The van der Waals surface area contributed by atoms with Gasteiger partial charge in [-0.15, -0.1) is 0 Å². The van der Waals surface area contributed by atoms with Crippen molar-refractivity contribution in [2.75, 3.05) is 0 Å². The van der Waals surface area contributed by atoms with Crippen LogP contribution in [0.1, 0.15) is 12.8 Å². The molecule has 0 aliphatic rings. The minimum Gasteiger partial charge on any atom is -0.743 e. The Labute approximate surface area is 173 Å². The van der Waals surface area contributed by atoms with Crippen LogP contribution in [0.5, 0.6) is 0 Å². The molecule has 0 atom stereocenters. The molecule has 19 heteroatoms. The maximum Gasteiger partial charge on any atom is 2.00 e. The number of hydrogen-bond acceptors (Lipinski definition) is 6. The molecule has 0 aromatic carbocycles. The van der Waals surface area contributed by atoms with E-state index >= 15 is 0 Å². The summed E-state index contributed by atoms with van der Waals surface area (Å²) in [6.07, 6.45) is -16.7. The normalized spacial score (nSPS) is 14.2. The van der Waals surface area contributed by atoms with Crippen LogP contribution in [-0.4, -0.2) is 97.7 Å². The van der Waals surface area contributed by atoms with Gasteiger partial charge in [-0.1, -0.05) is 0 Å². The van der Waals surface area contributed by atoms with Crippen LogP contribution in [0, 0.1) is 0 Å². The summed E-state index contributed by atoms with van der Waals surface area (Å²) >= 11 is 0. The van der Waals surface area contributed by atoms with Gasteiger partial charge in [0.2, 0.25) is 0 Å². The average Bonchev–Trinajstić information content (AvgIpc) is 2.05. The Bertz CT molecular complexity index is 565. The molecule has 0 unspecified atom stereocenters. The minimum atomic E-state index is -6.24. The van der Waals surface area contributed by atoms with Gasteiger partial charge in [0.05, 0.1) is 0 Å². The molecule has 25 heavy (non-hydrogen) atoms. The van der Waals surface area contributed by atoms with Crippen molar-refractivity contribution in [1.29, 1.82) is 0 Å². The third-order valence-electron chi connectivity index (χ3n) is 1.54. The number of rotatable bonds is 4. The molecule has 0 fully saturated rings. The molecule has 0 aromatic rings. The monoisotopic (exact) mass is 564 g/mol. The summed E-state index contributed by atoms with van der Waals surface area (Å²) in [4.78, 5) is 0. The molecule has 0 aromatic heterocycles. The smallest absolute Gasteiger partial charge is 0.743 e. The molecule has 0 rings (SSSR count). The Hall–Kier alpha value is 0.691. The molecule has 0 saturated carbocycles. The van der Waals surface area contributed by atoms with E-state index in [0.717, 1.165) is 0 Å². The maximum atomic E-state index is 11.8. The Morgan fingerprint density at radius 3 is 0.760 bits per heavy atom. The van der Waals surface area contributed by atoms with Gasteiger partial charge in [-0.25, -0.2) is 16.8 Å². The zero-order valence-electron chi connectivity index (χ0n) is 11.2. The fraction of sp³-hybridized carbons (Fsp3) is 1.00. The Kier molecular flexibility index (Phi) is 11.3. The van der Waals surface area contributed by atoms with Gasteiger partial charge in [-0.3, -0.25) is 0 Å². The predicted octanol–water partition coefficient (Wildman–Crippen LogP) is 1.77. The van der Waals surface area contributed by atoms with Gasteiger partial charge >= 0.3 is 71.7 Å². The van der Waals surface area contributed by atoms with Gasteiger partial charge in [0.1, 0.15) is 12.8 Å². The summed E-state index contributed by atoms with van der Waals surface area (Å²) < 4.78 is 172. The first-order valence-electron chi connectivity index (χ1n) is 4.71. The van der Waals surface area contributed by atoms with E-state index in [2.05, 4.69) is 0 Å². The topological polar surface area (TPSA) is 114 Å². The third kappa shape index (κ3) is 13.5. The van der Waals surface area contributed by atoms with Gasteiger partial charge in [0, 0.05) is 0 Å². The van der Waals surface area contributed by atoms with Gasteiger partial charge in [0.25, 0.3) is 0 Å². The van der Waals surface area contributed by atoms with E-state index in [0.29, 0.717) is 0 Å². The van der Waals surface area contributed by atoms with Crippen molar-refractivity contribution in [2.24, 2.45) is 0 Å². The summed E-state index contributed by atoms with van der Waals surface area (Å²) in [6.45, 7) is 0. The molecule has 0 N–H and O–H groups in total. The van der Waals surface area contributed by atoms with E-state index in [1.807, 2.05) is 0 Å². The molecule has 0 aliphatic heterocycles. The number of alkyl halides is 10. The second-order valence-electron chi connectivity index (χ2n) is 3.77. The first-order chi connectivity index (χ1) is 9.91. The second-order valence-corrected chi connectivity index (χ2v) is 6.78. The van der Waals surface area contributed by atoms with Crippen LogP contribution < -0.4 is 0 Å². The van der Waals surface area contributed by atoms with Crippen molar-refractivity contribution in [2.45, 2.75) is 35.7 Å². The largest absolute Gasteiger partial charge is 2.00 e. The fourth-order valence-electron chi connectivity index (χ4n) is 0.643. The molecule has 0 saturated heterocycles. The molecule has 0 radical (unpaired) electrons. The summed E-state index contributed by atoms with van der Waals surface area (Å²) in [6, 6.07) is 0. The van der Waals surface area contributed by atoms with Gasteiger partial charge in [0.15, 0.2) is 20.2 Å². The average molecular weight is 564 g/mol. The molecule has 0 spiro atoms. The van der Waals surface area contributed by atoms with E-state index in [9.17, 15) is 69.8 Å². The van der Waals surface area contributed by atoms with Crippen LogP contribution >= 0.6 is 0 Å². The van der Waals surface area contributed by atoms with Crippen molar-refractivity contribution in [3.63, 3.8) is 0 Å². The molecular weight excluding hydrogens is 560 g/mol. The Morgan fingerprint density at radius 2 is 0.720 bits per heavy atom. The van der Waals surface area contributed by atoms with Crippen LogP contribution in [0.4, 0.5) is 43.9 Å². The van der Waals surface area contributed by atoms with Crippen LogP contribution in [0.15, 0.2) is 0 Å². The molecule has 6 nitrogen and oxygen atoms in total. The van der Waals surface area contributed by atoms with Crippen LogP contribution in [0.2, 0.25) is 0 Å². The molecule has 0 bridgehead atoms. The summed E-state index contributed by atoms with van der Waals surface area (Å²) in [5.74, 6) is 0. The summed E-state index contributed by atoms with van der Waals surface area (Å²) in [5.41, 5.74) is 0. The molecule has 0 amide bonds. The first kappa shape index (κ1) is 30.4. The van der Waals surface area contributed by atoms with Crippen molar-refractivity contribution >= 4 is 69.1 Å². The first-order valence-corrected chi connectivity index (χ1v) is 7.53. The summed E-state index contributed by atoms with van der Waals surface area (Å²) in [7, 11) is -12.5. The third-order valence-corrected chi connectivity index (χ3v) is 3.30. The van der Waals surface area contributed by atoms with E-state index in [1.165, 1.54) is 0 Å². The standard InChI is InChI=1S/2C3H3F5O3S.Ba/c2*4-2(5,6)1-3(7,8)12(9,10)11;/h2*1H2,(H,9,10,11);/q;;+2/p-2. The van der Waals surface area contributed by atoms with Crippen LogP contribution in [0.3, 0.4) is 0 Å². The maximum absolute atomic E-state index is 11.8. The fourth-order valence-corrected chi connectivity index (χ4v) is 1.32. The summed E-state index contributed by atoms with van der Waals surface area (Å²) in [5, 5.41) is -10.6. The SMILES string of the molecule is O=S(=O)([O-])C(F)(F)CC(F)(F)F.O=S(=O)([O-])C(F)(F)CC(F)(F)F.[Ba+2]. The van der Waals surface area contributed by atoms with Crippen LogP contribution in [0.25, 0.3) is 0 Å². The number of hydrogen-bond donors (Lipinski definition) is 0. The van der Waals surface area contributed by atoms with Crippen LogP contribution in [-0.2, 0) is 20.2 Å². The van der Waals surface area contributed by atoms with Crippen molar-refractivity contribution < 1.29 is 69.8 Å². The minimum absolute atomic E-state index is 0. The molecule has 148 valence electrons. The van der Waals surface area contributed by atoms with Gasteiger partial charge in [-0.05, 0) is 0 Å². The van der Waals surface area contributed by atoms with E-state index in [-0.39, 0.29) is 48.9 Å². The Balaban J connectivity index is -0.000000372. The quantitative estimate of drug-likeness (QED) is 0.293. The van der Waals surface area contributed by atoms with E-state index in [1.54, 1.807) is 0 Å². The van der Waals surface area contributed by atoms with Crippen molar-refractivity contribution in [3.05, 3.63) is 0 Å². The van der Waals surface area contributed by atoms with E-state index in [4.69, 9.17) is 0 Å². The van der Waals surface area contributed by atoms with Crippen molar-refractivity contribution in [3.8, 4) is 0 Å². The number of halogens is 10. The zero-order valence-corrected chi connectivity index (χ0v) is 17.2. The Morgan fingerprint density at radius 1 is 0.560 bits per heavy atom. The molecule has 0 aliphatic carbocycles.